The van der Waals surface area contributed by atoms with Gasteiger partial charge in [-0.25, -0.2) is 0 Å². The number of Topliss-reactive ketones (excluding diaryl/α,β-unsaturated/α-hetero) is 1. The smallest absolute Gasteiger partial charge is 0.410 e. The van der Waals surface area contributed by atoms with Crippen LogP contribution in [-0.4, -0.2) is 22.6 Å². The SMILES string of the molecule is CCC(=O)c1ccc2c(c1)C(=N/O)/C(=C1/C(=O)Nc3c1cccc3C(F)(F)F)N2. The first-order valence-corrected chi connectivity index (χ1v) is 8.69. The molecule has 1 amide bonds. The predicted molar refractivity (Wildman–Crippen MR) is 100 cm³/mol. The number of nitrogens with one attached hydrogen (secondary N) is 2. The molecule has 2 aliphatic rings. The van der Waals surface area contributed by atoms with E-state index in [1.165, 1.54) is 18.2 Å². The van der Waals surface area contributed by atoms with Gasteiger partial charge in [0.2, 0.25) is 0 Å². The fraction of sp³-hybridized carbons (Fsp3) is 0.150. The minimum absolute atomic E-state index is 0.0267. The molecule has 148 valence electrons. The van der Waals surface area contributed by atoms with Crippen LogP contribution in [0.2, 0.25) is 0 Å². The van der Waals surface area contributed by atoms with Crippen molar-refractivity contribution in [1.82, 2.24) is 0 Å². The lowest BCUT2D eigenvalue weighted by Gasteiger charge is -2.11. The molecule has 0 atom stereocenters. The second kappa shape index (κ2) is 6.47. The molecule has 0 unspecified atom stereocenters. The zero-order valence-electron chi connectivity index (χ0n) is 15.0. The Kier molecular flexibility index (Phi) is 4.18. The molecule has 0 aromatic heterocycles. The number of rotatable bonds is 2. The summed E-state index contributed by atoms with van der Waals surface area (Å²) in [6, 6.07) is 8.18. The quantitative estimate of drug-likeness (QED) is 0.303. The van der Waals surface area contributed by atoms with Gasteiger partial charge in [-0.15, -0.1) is 0 Å². The molecule has 0 saturated heterocycles. The maximum Gasteiger partial charge on any atom is 0.418 e. The van der Waals surface area contributed by atoms with E-state index in [-0.39, 0.29) is 40.4 Å². The number of carbonyl (C=O) groups is 2. The molecule has 2 aliphatic heterocycles. The van der Waals surface area contributed by atoms with Crippen LogP contribution in [0.15, 0.2) is 47.3 Å². The topological polar surface area (TPSA) is 90.8 Å². The molecule has 0 radical (unpaired) electrons. The Morgan fingerprint density at radius 1 is 1.14 bits per heavy atom. The number of hydrogen-bond donors (Lipinski definition) is 3. The van der Waals surface area contributed by atoms with Gasteiger partial charge in [-0.3, -0.25) is 9.59 Å². The molecule has 3 N–H and O–H groups in total. The molecular weight excluding hydrogens is 387 g/mol. The standard InChI is InChI=1S/C20H14F3N3O3/c1-2-14(27)9-6-7-13-11(8-9)17(26-29)18(24-13)15-10-4-3-5-12(20(21,22)23)16(10)25-19(15)28/h3-8,24,29H,2H2,1H3,(H,25,28)/b18-15-,26-17-. The van der Waals surface area contributed by atoms with E-state index >= 15 is 0 Å². The number of ketones is 1. The summed E-state index contributed by atoms with van der Waals surface area (Å²) in [6.07, 6.45) is -4.37. The normalized spacial score (nSPS) is 19.0. The van der Waals surface area contributed by atoms with Gasteiger partial charge >= 0.3 is 6.18 Å². The monoisotopic (exact) mass is 401 g/mol. The fourth-order valence-corrected chi connectivity index (χ4v) is 3.52. The van der Waals surface area contributed by atoms with Crippen molar-refractivity contribution in [2.24, 2.45) is 5.16 Å². The molecule has 4 rings (SSSR count). The summed E-state index contributed by atoms with van der Waals surface area (Å²) < 4.78 is 39.9. The van der Waals surface area contributed by atoms with Gasteiger partial charge in [0.15, 0.2) is 5.78 Å². The van der Waals surface area contributed by atoms with Crippen LogP contribution in [-0.2, 0) is 11.0 Å². The average Bonchev–Trinajstić information content (AvgIpc) is 3.21. The van der Waals surface area contributed by atoms with Crippen molar-refractivity contribution in [3.63, 3.8) is 0 Å². The van der Waals surface area contributed by atoms with Crippen molar-refractivity contribution < 1.29 is 28.0 Å². The summed E-state index contributed by atoms with van der Waals surface area (Å²) in [7, 11) is 0. The molecule has 0 fully saturated rings. The van der Waals surface area contributed by atoms with Crippen LogP contribution in [0.5, 0.6) is 0 Å². The Hall–Kier alpha value is -3.62. The van der Waals surface area contributed by atoms with Crippen LogP contribution >= 0.6 is 0 Å². The third-order valence-electron chi connectivity index (χ3n) is 4.87. The average molecular weight is 401 g/mol. The lowest BCUT2D eigenvalue weighted by atomic mass is 9.98. The molecular formula is C20H14F3N3O3. The van der Waals surface area contributed by atoms with Crippen molar-refractivity contribution in [3.05, 3.63) is 64.3 Å². The highest BCUT2D eigenvalue weighted by molar-refractivity contribution is 6.40. The third kappa shape index (κ3) is 2.86. The van der Waals surface area contributed by atoms with E-state index in [2.05, 4.69) is 15.8 Å². The lowest BCUT2D eigenvalue weighted by molar-refractivity contribution is -0.136. The second-order valence-corrected chi connectivity index (χ2v) is 6.54. The molecule has 2 aromatic carbocycles. The van der Waals surface area contributed by atoms with Crippen LogP contribution in [0.4, 0.5) is 24.5 Å². The first-order chi connectivity index (χ1) is 13.8. The summed E-state index contributed by atoms with van der Waals surface area (Å²) in [5.41, 5.74) is -0.0399. The van der Waals surface area contributed by atoms with E-state index in [1.54, 1.807) is 19.1 Å². The number of oxime groups is 1. The minimum atomic E-state index is -4.64. The van der Waals surface area contributed by atoms with E-state index < -0.39 is 17.6 Å². The van der Waals surface area contributed by atoms with E-state index in [1.807, 2.05) is 0 Å². The zero-order valence-corrected chi connectivity index (χ0v) is 15.0. The van der Waals surface area contributed by atoms with Crippen molar-refractivity contribution in [2.45, 2.75) is 19.5 Å². The largest absolute Gasteiger partial charge is 0.418 e. The van der Waals surface area contributed by atoms with Gasteiger partial charge in [0.25, 0.3) is 5.91 Å². The number of amides is 1. The van der Waals surface area contributed by atoms with Gasteiger partial charge in [-0.05, 0) is 24.3 Å². The highest BCUT2D eigenvalue weighted by Gasteiger charge is 2.41. The molecule has 6 nitrogen and oxygen atoms in total. The van der Waals surface area contributed by atoms with E-state index in [0.29, 0.717) is 16.8 Å². The number of carbonyl (C=O) groups excluding carboxylic acids is 2. The Bertz CT molecular complexity index is 1130. The number of allylic oxidation sites excluding steroid dienone is 1. The first kappa shape index (κ1) is 18.7. The molecule has 0 bridgehead atoms. The number of anilines is 2. The van der Waals surface area contributed by atoms with Gasteiger partial charge in [0.05, 0.1) is 22.5 Å². The van der Waals surface area contributed by atoms with Gasteiger partial charge in [0, 0.05) is 28.8 Å². The molecule has 0 spiro atoms. The van der Waals surface area contributed by atoms with E-state index in [0.717, 1.165) is 6.07 Å². The Labute approximate surface area is 162 Å². The summed E-state index contributed by atoms with van der Waals surface area (Å²) in [4.78, 5) is 24.6. The number of benzene rings is 2. The van der Waals surface area contributed by atoms with Gasteiger partial charge in [0.1, 0.15) is 5.71 Å². The Balaban J connectivity index is 1.90. The summed E-state index contributed by atoms with van der Waals surface area (Å²) >= 11 is 0. The Morgan fingerprint density at radius 2 is 1.90 bits per heavy atom. The van der Waals surface area contributed by atoms with Crippen molar-refractivity contribution in [1.29, 1.82) is 0 Å². The number of alkyl halides is 3. The summed E-state index contributed by atoms with van der Waals surface area (Å²) in [5, 5.41) is 18.0. The van der Waals surface area contributed by atoms with E-state index in [4.69, 9.17) is 0 Å². The third-order valence-corrected chi connectivity index (χ3v) is 4.87. The van der Waals surface area contributed by atoms with Crippen molar-refractivity contribution in [2.75, 3.05) is 10.6 Å². The van der Waals surface area contributed by atoms with Gasteiger partial charge in [-0.1, -0.05) is 24.2 Å². The summed E-state index contributed by atoms with van der Waals surface area (Å²) in [6.45, 7) is 1.71. The molecule has 29 heavy (non-hydrogen) atoms. The summed E-state index contributed by atoms with van der Waals surface area (Å²) in [5.74, 6) is -0.872. The van der Waals surface area contributed by atoms with Gasteiger partial charge in [-0.2, -0.15) is 13.2 Å². The van der Waals surface area contributed by atoms with Crippen molar-refractivity contribution in [3.8, 4) is 0 Å². The fourth-order valence-electron chi connectivity index (χ4n) is 3.52. The number of para-hydroxylation sites is 1. The predicted octanol–water partition coefficient (Wildman–Crippen LogP) is 4.27. The highest BCUT2D eigenvalue weighted by Crippen LogP contribution is 2.44. The molecule has 2 heterocycles. The molecule has 0 saturated carbocycles. The Morgan fingerprint density at radius 3 is 2.55 bits per heavy atom. The van der Waals surface area contributed by atoms with Crippen molar-refractivity contribution >= 4 is 34.3 Å². The van der Waals surface area contributed by atoms with E-state index in [9.17, 15) is 28.0 Å². The number of nitrogens with zero attached hydrogens (tertiary/aromatic N) is 1. The van der Waals surface area contributed by atoms with Crippen LogP contribution in [0.25, 0.3) is 5.57 Å². The molecule has 0 aliphatic carbocycles. The highest BCUT2D eigenvalue weighted by atomic mass is 19.4. The second-order valence-electron chi connectivity index (χ2n) is 6.54. The van der Waals surface area contributed by atoms with Crippen LogP contribution in [0.1, 0.15) is 40.4 Å². The molecule has 2 aromatic rings. The number of halogens is 3. The maximum atomic E-state index is 13.3. The van der Waals surface area contributed by atoms with Gasteiger partial charge < -0.3 is 15.8 Å². The molecule has 9 heteroatoms. The first-order valence-electron chi connectivity index (χ1n) is 8.69. The van der Waals surface area contributed by atoms with Crippen LogP contribution in [0, 0.1) is 0 Å². The minimum Gasteiger partial charge on any atom is -0.410 e. The van der Waals surface area contributed by atoms with Crippen LogP contribution in [0.3, 0.4) is 0 Å². The maximum absolute atomic E-state index is 13.3. The van der Waals surface area contributed by atoms with Crippen LogP contribution < -0.4 is 10.6 Å². The number of hydrogen-bond acceptors (Lipinski definition) is 5. The lowest BCUT2D eigenvalue weighted by Crippen LogP contribution is -2.13. The number of fused-ring (bicyclic) bond motifs is 2. The zero-order chi connectivity index (χ0) is 20.9.